The van der Waals surface area contributed by atoms with Gasteiger partial charge in [-0.05, 0) is 25.5 Å². The van der Waals surface area contributed by atoms with E-state index < -0.39 is 49.0 Å². The van der Waals surface area contributed by atoms with Crippen LogP contribution in [0.25, 0.3) is 11.2 Å². The van der Waals surface area contributed by atoms with E-state index in [1.807, 2.05) is 0 Å². The van der Waals surface area contributed by atoms with Gasteiger partial charge in [0.2, 0.25) is 0 Å². The van der Waals surface area contributed by atoms with Crippen LogP contribution in [0.1, 0.15) is 31.6 Å². The van der Waals surface area contributed by atoms with Gasteiger partial charge in [0.25, 0.3) is 0 Å². The number of aliphatic hydroxyl groups excluding tert-OH is 3. The van der Waals surface area contributed by atoms with Crippen molar-refractivity contribution in [3.05, 3.63) is 63.7 Å². The lowest BCUT2D eigenvalue weighted by molar-refractivity contribution is -0.139. The van der Waals surface area contributed by atoms with E-state index in [0.29, 0.717) is 51.9 Å². The fourth-order valence-electron chi connectivity index (χ4n) is 5.42. The van der Waals surface area contributed by atoms with Gasteiger partial charge in [0.05, 0.1) is 69.7 Å². The third kappa shape index (κ3) is 7.94. The highest BCUT2D eigenvalue weighted by molar-refractivity contribution is 6.31. The number of aliphatic hydroxyl groups is 3. The molecule has 0 aliphatic carbocycles. The zero-order chi connectivity index (χ0) is 35.8. The maximum absolute atomic E-state index is 12.9. The number of carbonyl (C=O) groups is 2. The number of carbonyl (C=O) groups excluding carboxylic acids is 2. The summed E-state index contributed by atoms with van der Waals surface area (Å²) in [6, 6.07) is 7.09. The SMILES string of the molecule is CCOC(=O)C1=C(COCCN)NC(C)=C(C(=O)OC)C1c1ccccc1Cl.COc1nc(N)c2ncn([C@@H]3O[C@H](CO)[C@@H](O)[C@H]3O)c2n1. The number of anilines is 1. The van der Waals surface area contributed by atoms with Crippen LogP contribution in [0.2, 0.25) is 5.02 Å². The number of ether oxygens (including phenoxy) is 5. The van der Waals surface area contributed by atoms with Crippen LogP contribution in [-0.4, -0.2) is 112 Å². The first kappa shape index (κ1) is 37.5. The first-order chi connectivity index (χ1) is 23.5. The second kappa shape index (κ2) is 16.8. The molecule has 17 nitrogen and oxygen atoms in total. The van der Waals surface area contributed by atoms with Crippen LogP contribution in [0.5, 0.6) is 6.01 Å². The number of nitrogens with zero attached hydrogens (tertiary/aromatic N) is 4. The Morgan fingerprint density at radius 2 is 1.86 bits per heavy atom. The Morgan fingerprint density at radius 1 is 1.12 bits per heavy atom. The van der Waals surface area contributed by atoms with E-state index in [0.717, 1.165) is 0 Å². The van der Waals surface area contributed by atoms with Gasteiger partial charge in [-0.15, -0.1) is 0 Å². The number of hydrogen-bond donors (Lipinski definition) is 6. The lowest BCUT2D eigenvalue weighted by Crippen LogP contribution is -2.35. The van der Waals surface area contributed by atoms with Crippen LogP contribution < -0.4 is 21.5 Å². The Hall–Kier alpha value is -4.36. The maximum Gasteiger partial charge on any atom is 0.336 e. The quantitative estimate of drug-likeness (QED) is 0.116. The average molecular weight is 706 g/mol. The monoisotopic (exact) mass is 705 g/mol. The van der Waals surface area contributed by atoms with E-state index in [1.165, 1.54) is 25.1 Å². The second-order valence-electron chi connectivity index (χ2n) is 10.7. The van der Waals surface area contributed by atoms with Crippen molar-refractivity contribution in [1.82, 2.24) is 24.8 Å². The largest absolute Gasteiger partial charge is 0.467 e. The van der Waals surface area contributed by atoms with Gasteiger partial charge in [0, 0.05) is 17.3 Å². The van der Waals surface area contributed by atoms with Gasteiger partial charge >= 0.3 is 17.9 Å². The number of benzene rings is 1. The number of imidazole rings is 1. The molecule has 0 amide bonds. The molecule has 1 aromatic carbocycles. The number of esters is 2. The zero-order valence-corrected chi connectivity index (χ0v) is 28.1. The normalized spacial score (nSPS) is 22.0. The number of nitrogens with two attached hydrogens (primary N) is 2. The van der Waals surface area contributed by atoms with Crippen LogP contribution in [0.15, 0.2) is 53.1 Å². The number of hydrogen-bond acceptors (Lipinski definition) is 16. The number of nitrogen functional groups attached to an aromatic ring is 1. The molecule has 2 aromatic heterocycles. The average Bonchev–Trinajstić information content (AvgIpc) is 3.64. The van der Waals surface area contributed by atoms with Crippen molar-refractivity contribution in [3.63, 3.8) is 0 Å². The summed E-state index contributed by atoms with van der Waals surface area (Å²) < 4.78 is 27.6. The smallest absolute Gasteiger partial charge is 0.336 e. The lowest BCUT2D eigenvalue weighted by Gasteiger charge is -2.31. The Kier molecular flexibility index (Phi) is 12.9. The fourth-order valence-corrected chi connectivity index (χ4v) is 5.67. The van der Waals surface area contributed by atoms with Gasteiger partial charge in [-0.1, -0.05) is 29.8 Å². The standard InChI is InChI=1S/C20H25ClN2O5.C11H15N5O5/c1-4-28-20(25)18-15(11-27-10-9-22)23-12(2)16(19(24)26-3)17(18)13-7-5-6-8-14(13)21;1-20-11-14-8(12)5-9(15-11)16(3-13-5)10-7(19)6(18)4(2-17)21-10/h5-8,17,23H,4,9-11,22H2,1-3H3;3-4,6-7,10,17-19H,2H2,1H3,(H2,12,14,15)/t;4-,6-,7-,10-/m.1/s1. The number of allylic oxidation sites excluding steroid dienone is 1. The molecule has 266 valence electrons. The Labute approximate surface area is 286 Å². The molecule has 4 heterocycles. The molecule has 5 atom stereocenters. The lowest BCUT2D eigenvalue weighted by atomic mass is 9.80. The highest BCUT2D eigenvalue weighted by Gasteiger charge is 2.44. The number of rotatable bonds is 11. The van der Waals surface area contributed by atoms with Crippen LogP contribution in [0.4, 0.5) is 5.82 Å². The summed E-state index contributed by atoms with van der Waals surface area (Å²) in [5.41, 5.74) is 14.1. The van der Waals surface area contributed by atoms with Crippen molar-refractivity contribution >= 4 is 40.5 Å². The number of halogens is 1. The highest BCUT2D eigenvalue weighted by atomic mass is 35.5. The number of fused-ring (bicyclic) bond motifs is 1. The third-order valence-corrected chi connectivity index (χ3v) is 8.02. The van der Waals surface area contributed by atoms with E-state index in [4.69, 9.17) is 51.9 Å². The number of dihydropyridines is 1. The molecular formula is C31H40ClN7O10. The molecular weight excluding hydrogens is 666 g/mol. The molecule has 49 heavy (non-hydrogen) atoms. The van der Waals surface area contributed by atoms with Crippen LogP contribution >= 0.6 is 11.6 Å². The van der Waals surface area contributed by atoms with Crippen LogP contribution in [0, 0.1) is 0 Å². The summed E-state index contributed by atoms with van der Waals surface area (Å²) in [5, 5.41) is 32.5. The predicted octanol–water partition coefficient (Wildman–Crippen LogP) is 0.295. The molecule has 0 bridgehead atoms. The van der Waals surface area contributed by atoms with Gasteiger partial charge in [-0.3, -0.25) is 4.57 Å². The Balaban J connectivity index is 0.000000229. The molecule has 1 fully saturated rings. The molecule has 2 aliphatic heterocycles. The molecule has 0 saturated carbocycles. The van der Waals surface area contributed by atoms with Gasteiger partial charge in [0.1, 0.15) is 18.3 Å². The summed E-state index contributed by atoms with van der Waals surface area (Å²) in [6.07, 6.45) is -2.90. The van der Waals surface area contributed by atoms with Gasteiger partial charge in [-0.2, -0.15) is 9.97 Å². The Bertz CT molecular complexity index is 1710. The van der Waals surface area contributed by atoms with Gasteiger partial charge < -0.3 is 55.8 Å². The summed E-state index contributed by atoms with van der Waals surface area (Å²) in [6.45, 7) is 4.00. The van der Waals surface area contributed by atoms with Gasteiger partial charge in [0.15, 0.2) is 23.2 Å². The second-order valence-corrected chi connectivity index (χ2v) is 11.1. The number of aromatic nitrogens is 4. The highest BCUT2D eigenvalue weighted by Crippen LogP contribution is 2.42. The van der Waals surface area contributed by atoms with Crippen molar-refractivity contribution < 1.29 is 48.6 Å². The topological polar surface area (TPSA) is 249 Å². The van der Waals surface area contributed by atoms with E-state index in [-0.39, 0.29) is 30.6 Å². The molecule has 0 spiro atoms. The first-order valence-electron chi connectivity index (χ1n) is 15.2. The minimum Gasteiger partial charge on any atom is -0.467 e. The van der Waals surface area contributed by atoms with Gasteiger partial charge in [-0.25, -0.2) is 14.6 Å². The fraction of sp³-hybridized carbons (Fsp3) is 0.452. The summed E-state index contributed by atoms with van der Waals surface area (Å²) in [4.78, 5) is 37.6. The van der Waals surface area contributed by atoms with Crippen LogP contribution in [-0.2, 0) is 28.5 Å². The predicted molar refractivity (Wildman–Crippen MR) is 175 cm³/mol. The molecule has 3 aromatic rings. The number of nitrogens with one attached hydrogen (secondary N) is 1. The number of methoxy groups -OCH3 is 2. The molecule has 2 aliphatic rings. The maximum atomic E-state index is 12.9. The van der Waals surface area contributed by atoms with E-state index in [1.54, 1.807) is 38.1 Å². The molecule has 1 unspecified atom stereocenters. The third-order valence-electron chi connectivity index (χ3n) is 7.67. The molecule has 8 N–H and O–H groups in total. The van der Waals surface area contributed by atoms with Crippen molar-refractivity contribution in [2.75, 3.05) is 52.9 Å². The van der Waals surface area contributed by atoms with Crippen molar-refractivity contribution in [2.24, 2.45) is 5.73 Å². The Morgan fingerprint density at radius 3 is 2.47 bits per heavy atom. The van der Waals surface area contributed by atoms with Crippen LogP contribution in [0.3, 0.4) is 0 Å². The van der Waals surface area contributed by atoms with E-state index in [2.05, 4.69) is 20.3 Å². The molecule has 5 rings (SSSR count). The van der Waals surface area contributed by atoms with E-state index >= 15 is 0 Å². The summed E-state index contributed by atoms with van der Waals surface area (Å²) in [7, 11) is 2.69. The van der Waals surface area contributed by atoms with E-state index in [9.17, 15) is 19.8 Å². The molecule has 0 radical (unpaired) electrons. The summed E-state index contributed by atoms with van der Waals surface area (Å²) >= 11 is 6.42. The van der Waals surface area contributed by atoms with Crippen molar-refractivity contribution in [3.8, 4) is 6.01 Å². The zero-order valence-electron chi connectivity index (χ0n) is 27.3. The molecule has 1 saturated heterocycles. The minimum absolute atomic E-state index is 0.0495. The minimum atomic E-state index is -1.23. The van der Waals surface area contributed by atoms with Crippen molar-refractivity contribution in [2.45, 2.75) is 44.3 Å². The molecule has 18 heteroatoms. The first-order valence-corrected chi connectivity index (χ1v) is 15.5. The van der Waals surface area contributed by atoms with Crippen molar-refractivity contribution in [1.29, 1.82) is 0 Å². The summed E-state index contributed by atoms with van der Waals surface area (Å²) in [5.74, 6) is -1.74.